The molecule has 0 spiro atoms. The van der Waals surface area contributed by atoms with Crippen molar-refractivity contribution in [3.8, 4) is 0 Å². The second-order valence-electron chi connectivity index (χ2n) is 2.30. The van der Waals surface area contributed by atoms with Crippen molar-refractivity contribution in [2.75, 3.05) is 13.2 Å². The number of hydrogen-bond donors (Lipinski definition) is 1. The van der Waals surface area contributed by atoms with E-state index >= 15 is 0 Å². The third-order valence-electron chi connectivity index (χ3n) is 1.40. The summed E-state index contributed by atoms with van der Waals surface area (Å²) >= 11 is 0. The lowest BCUT2D eigenvalue weighted by Crippen LogP contribution is -2.09. The normalized spacial score (nSPS) is 23.0. The summed E-state index contributed by atoms with van der Waals surface area (Å²) in [5, 5.41) is 8.33. The highest BCUT2D eigenvalue weighted by Crippen LogP contribution is 2.11. The van der Waals surface area contributed by atoms with E-state index in [9.17, 15) is 4.79 Å². The van der Waals surface area contributed by atoms with Crippen molar-refractivity contribution in [1.29, 1.82) is 0 Å². The van der Waals surface area contributed by atoms with Crippen molar-refractivity contribution in [2.45, 2.75) is 12.8 Å². The molecule has 3 nitrogen and oxygen atoms in total. The monoisotopic (exact) mass is 142 g/mol. The van der Waals surface area contributed by atoms with Crippen molar-refractivity contribution >= 4 is 5.97 Å². The Hall–Kier alpha value is -0.830. The summed E-state index contributed by atoms with van der Waals surface area (Å²) in [5.41, 5.74) is 0.888. The molecule has 10 heavy (non-hydrogen) atoms. The van der Waals surface area contributed by atoms with Crippen molar-refractivity contribution in [3.05, 3.63) is 11.6 Å². The molecule has 1 fully saturated rings. The van der Waals surface area contributed by atoms with Gasteiger partial charge in [0.1, 0.15) is 0 Å². The zero-order chi connectivity index (χ0) is 7.40. The standard InChI is InChI=1S/C7H10O3/c8-7(9)4-6-2-1-3-10-5-6/h4H,1-3,5H2,(H,8,9). The summed E-state index contributed by atoms with van der Waals surface area (Å²) in [6, 6.07) is 0. The van der Waals surface area contributed by atoms with Gasteiger partial charge in [-0.05, 0) is 18.4 Å². The molecule has 0 amide bonds. The molecule has 0 aliphatic carbocycles. The Balaban J connectivity index is 2.45. The van der Waals surface area contributed by atoms with Crippen LogP contribution in [-0.4, -0.2) is 24.3 Å². The van der Waals surface area contributed by atoms with Crippen molar-refractivity contribution in [1.82, 2.24) is 0 Å². The second-order valence-corrected chi connectivity index (χ2v) is 2.30. The number of ether oxygens (including phenoxy) is 1. The van der Waals surface area contributed by atoms with Gasteiger partial charge in [-0.15, -0.1) is 0 Å². The third kappa shape index (κ3) is 2.19. The predicted molar refractivity (Wildman–Crippen MR) is 35.8 cm³/mol. The molecule has 0 unspecified atom stereocenters. The van der Waals surface area contributed by atoms with E-state index in [0.29, 0.717) is 6.61 Å². The van der Waals surface area contributed by atoms with Crippen LogP contribution in [0.2, 0.25) is 0 Å². The maximum absolute atomic E-state index is 10.1. The van der Waals surface area contributed by atoms with Crippen LogP contribution in [0.4, 0.5) is 0 Å². The molecule has 56 valence electrons. The maximum atomic E-state index is 10.1. The van der Waals surface area contributed by atoms with Crippen LogP contribution in [0.15, 0.2) is 11.6 Å². The Kier molecular flexibility index (Phi) is 2.45. The molecule has 0 radical (unpaired) electrons. The highest BCUT2D eigenvalue weighted by Gasteiger charge is 2.05. The fourth-order valence-electron chi connectivity index (χ4n) is 0.965. The van der Waals surface area contributed by atoms with Crippen molar-refractivity contribution < 1.29 is 14.6 Å². The maximum Gasteiger partial charge on any atom is 0.328 e. The van der Waals surface area contributed by atoms with E-state index in [1.165, 1.54) is 6.08 Å². The Labute approximate surface area is 59.3 Å². The van der Waals surface area contributed by atoms with Gasteiger partial charge in [-0.3, -0.25) is 0 Å². The summed E-state index contributed by atoms with van der Waals surface area (Å²) in [7, 11) is 0. The van der Waals surface area contributed by atoms with Gasteiger partial charge in [-0.1, -0.05) is 0 Å². The van der Waals surface area contributed by atoms with E-state index in [0.717, 1.165) is 25.0 Å². The SMILES string of the molecule is O=C(O)C=C1CCCOC1. The first kappa shape index (κ1) is 7.28. The minimum absolute atomic E-state index is 0.492. The minimum atomic E-state index is -0.875. The molecule has 0 aromatic rings. The molecular weight excluding hydrogens is 132 g/mol. The van der Waals surface area contributed by atoms with Gasteiger partial charge >= 0.3 is 5.97 Å². The van der Waals surface area contributed by atoms with Gasteiger partial charge in [-0.25, -0.2) is 4.79 Å². The molecule has 0 bridgehead atoms. The molecule has 1 rings (SSSR count). The van der Waals surface area contributed by atoms with E-state index < -0.39 is 5.97 Å². The lowest BCUT2D eigenvalue weighted by atomic mass is 10.1. The van der Waals surface area contributed by atoms with Gasteiger partial charge in [0, 0.05) is 12.7 Å². The molecule has 1 aliphatic heterocycles. The Bertz CT molecular complexity index is 152. The van der Waals surface area contributed by atoms with Gasteiger partial charge in [0.25, 0.3) is 0 Å². The number of carboxylic acid groups (broad SMARTS) is 1. The lowest BCUT2D eigenvalue weighted by molar-refractivity contribution is -0.131. The quantitative estimate of drug-likeness (QED) is 0.551. The van der Waals surface area contributed by atoms with Crippen LogP contribution in [0.5, 0.6) is 0 Å². The first-order valence-corrected chi connectivity index (χ1v) is 3.29. The number of carboxylic acids is 1. The molecule has 1 N–H and O–H groups in total. The van der Waals surface area contributed by atoms with Gasteiger partial charge in [0.05, 0.1) is 6.61 Å². The van der Waals surface area contributed by atoms with Gasteiger partial charge in [0.2, 0.25) is 0 Å². The Morgan fingerprint density at radius 3 is 3.00 bits per heavy atom. The van der Waals surface area contributed by atoms with Crippen LogP contribution in [-0.2, 0) is 9.53 Å². The smallest absolute Gasteiger partial charge is 0.328 e. The molecule has 0 atom stereocenters. The molecule has 1 aliphatic rings. The van der Waals surface area contributed by atoms with Gasteiger partial charge in [-0.2, -0.15) is 0 Å². The topological polar surface area (TPSA) is 46.5 Å². The fourth-order valence-corrected chi connectivity index (χ4v) is 0.965. The number of carbonyl (C=O) groups is 1. The van der Waals surface area contributed by atoms with E-state index in [1.807, 2.05) is 0 Å². The number of rotatable bonds is 1. The second kappa shape index (κ2) is 3.37. The molecule has 3 heteroatoms. The van der Waals surface area contributed by atoms with Crippen LogP contribution in [0.25, 0.3) is 0 Å². The highest BCUT2D eigenvalue weighted by molar-refractivity contribution is 5.80. The average Bonchev–Trinajstić information content (AvgIpc) is 1.88. The third-order valence-corrected chi connectivity index (χ3v) is 1.40. The zero-order valence-corrected chi connectivity index (χ0v) is 5.67. The molecule has 0 aromatic heterocycles. The summed E-state index contributed by atoms with van der Waals surface area (Å²) in [4.78, 5) is 10.1. The van der Waals surface area contributed by atoms with E-state index in [1.54, 1.807) is 0 Å². The first-order chi connectivity index (χ1) is 4.79. The zero-order valence-electron chi connectivity index (χ0n) is 5.67. The molecular formula is C7H10O3. The van der Waals surface area contributed by atoms with Crippen LogP contribution < -0.4 is 0 Å². The van der Waals surface area contributed by atoms with Crippen molar-refractivity contribution in [3.63, 3.8) is 0 Å². The van der Waals surface area contributed by atoms with Gasteiger partial charge in [0.15, 0.2) is 0 Å². The molecule has 1 heterocycles. The Morgan fingerprint density at radius 2 is 2.50 bits per heavy atom. The van der Waals surface area contributed by atoms with E-state index in [4.69, 9.17) is 9.84 Å². The molecule has 0 saturated carbocycles. The molecule has 1 saturated heterocycles. The number of aliphatic carboxylic acids is 1. The van der Waals surface area contributed by atoms with Gasteiger partial charge < -0.3 is 9.84 Å². The minimum Gasteiger partial charge on any atom is -0.478 e. The Morgan fingerprint density at radius 1 is 1.70 bits per heavy atom. The molecule has 0 aromatic carbocycles. The number of hydrogen-bond acceptors (Lipinski definition) is 2. The summed E-state index contributed by atoms with van der Waals surface area (Å²) < 4.78 is 5.05. The summed E-state index contributed by atoms with van der Waals surface area (Å²) in [6.45, 7) is 1.25. The van der Waals surface area contributed by atoms with Crippen LogP contribution in [0, 0.1) is 0 Å². The van der Waals surface area contributed by atoms with Crippen molar-refractivity contribution in [2.24, 2.45) is 0 Å². The van der Waals surface area contributed by atoms with Crippen LogP contribution in [0.3, 0.4) is 0 Å². The fraction of sp³-hybridized carbons (Fsp3) is 0.571. The van der Waals surface area contributed by atoms with E-state index in [2.05, 4.69) is 0 Å². The largest absolute Gasteiger partial charge is 0.478 e. The highest BCUT2D eigenvalue weighted by atomic mass is 16.5. The predicted octanol–water partition coefficient (Wildman–Crippen LogP) is 0.808. The lowest BCUT2D eigenvalue weighted by Gasteiger charge is -2.13. The van der Waals surface area contributed by atoms with Crippen LogP contribution >= 0.6 is 0 Å². The average molecular weight is 142 g/mol. The first-order valence-electron chi connectivity index (χ1n) is 3.29. The summed E-state index contributed by atoms with van der Waals surface area (Å²) in [5.74, 6) is -0.875. The van der Waals surface area contributed by atoms with E-state index in [-0.39, 0.29) is 0 Å². The van der Waals surface area contributed by atoms with Crippen LogP contribution in [0.1, 0.15) is 12.8 Å². The summed E-state index contributed by atoms with van der Waals surface area (Å²) in [6.07, 6.45) is 3.05.